The Bertz CT molecular complexity index is 531. The van der Waals surface area contributed by atoms with Crippen molar-refractivity contribution in [3.8, 4) is 0 Å². The minimum Gasteiger partial charge on any atom is -0.130 e. The third-order valence-corrected chi connectivity index (χ3v) is 5.81. The van der Waals surface area contributed by atoms with Gasteiger partial charge in [0.05, 0.1) is 14.2 Å². The predicted octanol–water partition coefficient (Wildman–Crippen LogP) is 6.45. The van der Waals surface area contributed by atoms with Crippen LogP contribution in [0.1, 0.15) is 21.4 Å². The third-order valence-electron chi connectivity index (χ3n) is 2.34. The van der Waals surface area contributed by atoms with Crippen LogP contribution in [-0.4, -0.2) is 0 Å². The van der Waals surface area contributed by atoms with Gasteiger partial charge in [0.15, 0.2) is 0 Å². The summed E-state index contributed by atoms with van der Waals surface area (Å²) in [5, 5.41) is 1.10. The summed E-state index contributed by atoms with van der Waals surface area (Å²) >= 11 is 23.5. The zero-order valence-electron chi connectivity index (χ0n) is 8.81. The maximum Gasteiger partial charge on any atom is 0.0943 e. The SMILES string of the molecule is Cc1ccc(C(Cl)c2cc(Cl)c(Br)s2)c(Cl)c1. The van der Waals surface area contributed by atoms with Crippen LogP contribution in [0.25, 0.3) is 0 Å². The number of aryl methyl sites for hydroxylation is 1. The molecule has 1 heterocycles. The van der Waals surface area contributed by atoms with Crippen LogP contribution in [0.2, 0.25) is 10.0 Å². The fraction of sp³-hybridized carbons (Fsp3) is 0.167. The molecular formula is C12H8BrCl3S. The molecule has 90 valence electrons. The van der Waals surface area contributed by atoms with Crippen molar-refractivity contribution in [2.24, 2.45) is 0 Å². The summed E-state index contributed by atoms with van der Waals surface area (Å²) in [4.78, 5) is 0.981. The van der Waals surface area contributed by atoms with Gasteiger partial charge in [0, 0.05) is 9.90 Å². The molecule has 0 aliphatic carbocycles. The van der Waals surface area contributed by atoms with Crippen molar-refractivity contribution in [1.82, 2.24) is 0 Å². The van der Waals surface area contributed by atoms with Crippen LogP contribution >= 0.6 is 62.1 Å². The summed E-state index contributed by atoms with van der Waals surface area (Å²) in [5.74, 6) is 0. The van der Waals surface area contributed by atoms with Gasteiger partial charge in [-0.2, -0.15) is 0 Å². The average molecular weight is 371 g/mol. The standard InChI is InChI=1S/C12H8BrCl3S/c1-6-2-3-7(8(14)4-6)11(16)10-5-9(15)12(13)17-10/h2-5,11H,1H3. The first kappa shape index (κ1) is 13.7. The summed E-state index contributed by atoms with van der Waals surface area (Å²) in [7, 11) is 0. The maximum absolute atomic E-state index is 6.42. The topological polar surface area (TPSA) is 0 Å². The van der Waals surface area contributed by atoms with Crippen molar-refractivity contribution in [1.29, 1.82) is 0 Å². The van der Waals surface area contributed by atoms with Crippen LogP contribution in [0.5, 0.6) is 0 Å². The fourth-order valence-corrected chi connectivity index (χ4v) is 4.01. The molecule has 0 radical (unpaired) electrons. The molecule has 5 heteroatoms. The Morgan fingerprint density at radius 1 is 1.18 bits per heavy atom. The van der Waals surface area contributed by atoms with Crippen LogP contribution < -0.4 is 0 Å². The Morgan fingerprint density at radius 2 is 1.88 bits per heavy atom. The highest BCUT2D eigenvalue weighted by Gasteiger charge is 2.17. The molecule has 17 heavy (non-hydrogen) atoms. The summed E-state index contributed by atoms with van der Waals surface area (Å²) in [6.45, 7) is 2.00. The Labute approximate surface area is 128 Å². The molecule has 1 aromatic heterocycles. The first-order valence-electron chi connectivity index (χ1n) is 4.84. The lowest BCUT2D eigenvalue weighted by atomic mass is 10.1. The number of alkyl halides is 1. The van der Waals surface area contributed by atoms with Crippen LogP contribution in [0.15, 0.2) is 28.1 Å². The van der Waals surface area contributed by atoms with Crippen molar-refractivity contribution in [2.75, 3.05) is 0 Å². The van der Waals surface area contributed by atoms with Crippen molar-refractivity contribution < 1.29 is 0 Å². The monoisotopic (exact) mass is 368 g/mol. The summed E-state index contributed by atoms with van der Waals surface area (Å²) in [6.07, 6.45) is 0. The predicted molar refractivity (Wildman–Crippen MR) is 80.9 cm³/mol. The number of benzene rings is 1. The number of hydrogen-bond donors (Lipinski definition) is 0. The lowest BCUT2D eigenvalue weighted by Gasteiger charge is -2.10. The van der Waals surface area contributed by atoms with E-state index in [2.05, 4.69) is 15.9 Å². The molecule has 0 fully saturated rings. The molecule has 0 aliphatic rings. The van der Waals surface area contributed by atoms with Gasteiger partial charge < -0.3 is 0 Å². The molecule has 1 aromatic carbocycles. The van der Waals surface area contributed by atoms with Gasteiger partial charge in [-0.15, -0.1) is 22.9 Å². The molecule has 0 saturated carbocycles. The Morgan fingerprint density at radius 3 is 2.41 bits per heavy atom. The first-order chi connectivity index (χ1) is 7.99. The minimum absolute atomic E-state index is 0.267. The van der Waals surface area contributed by atoms with E-state index in [1.54, 1.807) is 0 Å². The van der Waals surface area contributed by atoms with E-state index in [0.717, 1.165) is 19.8 Å². The lowest BCUT2D eigenvalue weighted by molar-refractivity contribution is 1.18. The summed E-state index contributed by atoms with van der Waals surface area (Å²) in [5.41, 5.74) is 2.03. The smallest absolute Gasteiger partial charge is 0.0943 e. The molecule has 0 spiro atoms. The number of hydrogen-bond acceptors (Lipinski definition) is 1. The molecule has 1 unspecified atom stereocenters. The van der Waals surface area contributed by atoms with Crippen molar-refractivity contribution >= 4 is 62.1 Å². The second kappa shape index (κ2) is 5.50. The van der Waals surface area contributed by atoms with E-state index in [0.29, 0.717) is 10.0 Å². The largest absolute Gasteiger partial charge is 0.130 e. The van der Waals surface area contributed by atoms with Gasteiger partial charge in [-0.25, -0.2) is 0 Å². The van der Waals surface area contributed by atoms with E-state index >= 15 is 0 Å². The van der Waals surface area contributed by atoms with Crippen LogP contribution in [0.4, 0.5) is 0 Å². The third kappa shape index (κ3) is 2.99. The van der Waals surface area contributed by atoms with Crippen LogP contribution in [0.3, 0.4) is 0 Å². The Hall–Kier alpha value is 0.270. The van der Waals surface area contributed by atoms with E-state index in [9.17, 15) is 0 Å². The van der Waals surface area contributed by atoms with Gasteiger partial charge in [0.2, 0.25) is 0 Å². The zero-order chi connectivity index (χ0) is 12.6. The minimum atomic E-state index is -0.267. The van der Waals surface area contributed by atoms with Gasteiger partial charge >= 0.3 is 0 Å². The first-order valence-corrected chi connectivity index (χ1v) is 7.64. The van der Waals surface area contributed by atoms with Gasteiger partial charge in [-0.3, -0.25) is 0 Å². The quantitative estimate of drug-likeness (QED) is 0.533. The Balaban J connectivity index is 2.39. The van der Waals surface area contributed by atoms with Crippen molar-refractivity contribution in [2.45, 2.75) is 12.3 Å². The van der Waals surface area contributed by atoms with E-state index in [4.69, 9.17) is 34.8 Å². The molecule has 0 nitrogen and oxygen atoms in total. The second-order valence-electron chi connectivity index (χ2n) is 3.66. The van der Waals surface area contributed by atoms with E-state index in [-0.39, 0.29) is 5.38 Å². The van der Waals surface area contributed by atoms with Gasteiger partial charge in [0.1, 0.15) is 0 Å². The molecule has 2 aromatic rings. The van der Waals surface area contributed by atoms with Gasteiger partial charge in [-0.05, 0) is 46.1 Å². The summed E-state index contributed by atoms with van der Waals surface area (Å²) < 4.78 is 0.892. The van der Waals surface area contributed by atoms with E-state index in [1.165, 1.54) is 11.3 Å². The maximum atomic E-state index is 6.42. The second-order valence-corrected chi connectivity index (χ2v) is 7.31. The van der Waals surface area contributed by atoms with Crippen LogP contribution in [-0.2, 0) is 0 Å². The average Bonchev–Trinajstić information content (AvgIpc) is 2.58. The molecule has 0 bridgehead atoms. The molecule has 0 amide bonds. The molecule has 0 N–H and O–H groups in total. The lowest BCUT2D eigenvalue weighted by Crippen LogP contribution is -1.91. The van der Waals surface area contributed by atoms with Gasteiger partial charge in [-0.1, -0.05) is 35.3 Å². The number of rotatable bonds is 2. The molecule has 2 rings (SSSR count). The molecule has 0 aliphatic heterocycles. The Kier molecular flexibility index (Phi) is 4.43. The van der Waals surface area contributed by atoms with Crippen molar-refractivity contribution in [3.63, 3.8) is 0 Å². The van der Waals surface area contributed by atoms with Crippen LogP contribution in [0, 0.1) is 6.92 Å². The highest BCUT2D eigenvalue weighted by Crippen LogP contribution is 2.42. The molecular weight excluding hydrogens is 362 g/mol. The van der Waals surface area contributed by atoms with Gasteiger partial charge in [0.25, 0.3) is 0 Å². The summed E-state index contributed by atoms with van der Waals surface area (Å²) in [6, 6.07) is 7.73. The number of halogens is 4. The number of thiophene rings is 1. The molecule has 0 saturated heterocycles. The highest BCUT2D eigenvalue weighted by molar-refractivity contribution is 9.11. The fourth-order valence-electron chi connectivity index (χ4n) is 1.48. The van der Waals surface area contributed by atoms with E-state index in [1.807, 2.05) is 31.2 Å². The molecule has 1 atom stereocenters. The van der Waals surface area contributed by atoms with Crippen molar-refractivity contribution in [3.05, 3.63) is 54.1 Å². The normalized spacial score (nSPS) is 12.8. The zero-order valence-corrected chi connectivity index (χ0v) is 13.5. The van der Waals surface area contributed by atoms with E-state index < -0.39 is 0 Å². The highest BCUT2D eigenvalue weighted by atomic mass is 79.9.